The van der Waals surface area contributed by atoms with Gasteiger partial charge in [0.15, 0.2) is 5.89 Å². The molecule has 1 heterocycles. The maximum absolute atomic E-state index is 5.61. The second-order valence-corrected chi connectivity index (χ2v) is 3.83. The molecule has 0 radical (unpaired) electrons. The minimum absolute atomic E-state index is 0.646. The second-order valence-electron chi connectivity index (χ2n) is 3.83. The van der Waals surface area contributed by atoms with E-state index in [0.29, 0.717) is 12.4 Å². The zero-order valence-electron chi connectivity index (χ0n) is 9.66. The van der Waals surface area contributed by atoms with E-state index in [2.05, 4.69) is 17.1 Å². The molecule has 1 aromatic carbocycles. The van der Waals surface area contributed by atoms with E-state index >= 15 is 0 Å². The topological polar surface area (TPSA) is 52.0 Å². The van der Waals surface area contributed by atoms with Gasteiger partial charge in [-0.2, -0.15) is 0 Å². The molecule has 0 saturated carbocycles. The normalized spacial score (nSPS) is 10.7. The van der Waals surface area contributed by atoms with Crippen LogP contribution in [-0.2, 0) is 6.42 Å². The summed E-state index contributed by atoms with van der Waals surface area (Å²) < 4.78 is 5.46. The minimum atomic E-state index is 0.646. The van der Waals surface area contributed by atoms with Crippen molar-refractivity contribution in [2.75, 3.05) is 6.54 Å². The van der Waals surface area contributed by atoms with E-state index in [-0.39, 0.29) is 0 Å². The number of aromatic nitrogens is 1. The zero-order valence-corrected chi connectivity index (χ0v) is 9.66. The van der Waals surface area contributed by atoms with E-state index in [1.165, 1.54) is 5.56 Å². The molecule has 0 fully saturated rings. The molecular weight excluding hydrogens is 200 g/mol. The predicted octanol–water partition coefficient (Wildman–Crippen LogP) is 2.46. The van der Waals surface area contributed by atoms with Crippen LogP contribution in [0.25, 0.3) is 11.3 Å². The summed E-state index contributed by atoms with van der Waals surface area (Å²) in [5, 5.41) is 0. The van der Waals surface area contributed by atoms with Gasteiger partial charge in [0.25, 0.3) is 0 Å². The molecule has 84 valence electrons. The van der Waals surface area contributed by atoms with Gasteiger partial charge in [-0.25, -0.2) is 4.98 Å². The Bertz CT molecular complexity index is 488. The molecule has 0 atom stereocenters. The molecule has 0 aliphatic rings. The number of oxazole rings is 1. The number of rotatable bonds is 3. The summed E-state index contributed by atoms with van der Waals surface area (Å²) in [5.74, 6) is 1.57. The SMILES string of the molecule is Cc1nc(-c2ccccc2CCN)c(C)o1. The standard InChI is InChI=1S/C13H16N2O/c1-9-13(15-10(2)16-9)12-6-4-3-5-11(12)7-8-14/h3-6H,7-8,14H2,1-2H3. The van der Waals surface area contributed by atoms with E-state index in [4.69, 9.17) is 10.2 Å². The molecule has 2 rings (SSSR count). The van der Waals surface area contributed by atoms with Crippen molar-refractivity contribution in [3.8, 4) is 11.3 Å². The smallest absolute Gasteiger partial charge is 0.191 e. The van der Waals surface area contributed by atoms with Crippen molar-refractivity contribution >= 4 is 0 Å². The number of hydrogen-bond acceptors (Lipinski definition) is 3. The van der Waals surface area contributed by atoms with Crippen LogP contribution in [0.5, 0.6) is 0 Å². The summed E-state index contributed by atoms with van der Waals surface area (Å²) in [4.78, 5) is 4.42. The summed E-state index contributed by atoms with van der Waals surface area (Å²) in [5.41, 5.74) is 8.89. The molecular formula is C13H16N2O. The molecule has 0 aliphatic heterocycles. The molecule has 3 heteroatoms. The number of aryl methyl sites for hydroxylation is 2. The lowest BCUT2D eigenvalue weighted by molar-refractivity contribution is 0.495. The molecule has 0 unspecified atom stereocenters. The molecule has 16 heavy (non-hydrogen) atoms. The average Bonchev–Trinajstić information content (AvgIpc) is 2.59. The van der Waals surface area contributed by atoms with E-state index in [1.54, 1.807) is 0 Å². The van der Waals surface area contributed by atoms with Crippen LogP contribution in [0.4, 0.5) is 0 Å². The largest absolute Gasteiger partial charge is 0.446 e. The first-order valence-electron chi connectivity index (χ1n) is 5.44. The quantitative estimate of drug-likeness (QED) is 0.857. The van der Waals surface area contributed by atoms with Crippen molar-refractivity contribution in [3.05, 3.63) is 41.5 Å². The van der Waals surface area contributed by atoms with Gasteiger partial charge >= 0.3 is 0 Å². The van der Waals surface area contributed by atoms with Gasteiger partial charge in [-0.15, -0.1) is 0 Å². The van der Waals surface area contributed by atoms with Crippen LogP contribution in [0.2, 0.25) is 0 Å². The minimum Gasteiger partial charge on any atom is -0.446 e. The Morgan fingerprint density at radius 3 is 2.62 bits per heavy atom. The van der Waals surface area contributed by atoms with Gasteiger partial charge in [0.05, 0.1) is 0 Å². The van der Waals surface area contributed by atoms with Gasteiger partial charge in [-0.3, -0.25) is 0 Å². The Labute approximate surface area is 95.3 Å². The van der Waals surface area contributed by atoms with Gasteiger partial charge in [-0.05, 0) is 25.5 Å². The highest BCUT2D eigenvalue weighted by Gasteiger charge is 2.12. The lowest BCUT2D eigenvalue weighted by atomic mass is 10.0. The van der Waals surface area contributed by atoms with Crippen molar-refractivity contribution < 1.29 is 4.42 Å². The molecule has 0 saturated heterocycles. The van der Waals surface area contributed by atoms with E-state index in [0.717, 1.165) is 23.4 Å². The highest BCUT2D eigenvalue weighted by Crippen LogP contribution is 2.26. The van der Waals surface area contributed by atoms with Crippen LogP contribution in [0.15, 0.2) is 28.7 Å². The maximum Gasteiger partial charge on any atom is 0.191 e. The van der Waals surface area contributed by atoms with Gasteiger partial charge in [0, 0.05) is 12.5 Å². The monoisotopic (exact) mass is 216 g/mol. The Kier molecular flexibility index (Phi) is 3.06. The molecule has 3 nitrogen and oxygen atoms in total. The number of nitrogens with zero attached hydrogens (tertiary/aromatic N) is 1. The van der Waals surface area contributed by atoms with Crippen LogP contribution in [0.3, 0.4) is 0 Å². The summed E-state index contributed by atoms with van der Waals surface area (Å²) in [6.45, 7) is 4.45. The molecule has 0 bridgehead atoms. The number of hydrogen-bond donors (Lipinski definition) is 1. The van der Waals surface area contributed by atoms with Crippen LogP contribution < -0.4 is 5.73 Å². The summed E-state index contributed by atoms with van der Waals surface area (Å²) in [6, 6.07) is 8.19. The highest BCUT2D eigenvalue weighted by molar-refractivity contribution is 5.65. The molecule has 0 aliphatic carbocycles. The lowest BCUT2D eigenvalue weighted by Gasteiger charge is -2.05. The van der Waals surface area contributed by atoms with E-state index < -0.39 is 0 Å². The van der Waals surface area contributed by atoms with Crippen molar-refractivity contribution in [2.45, 2.75) is 20.3 Å². The van der Waals surface area contributed by atoms with Gasteiger partial charge in [-0.1, -0.05) is 24.3 Å². The maximum atomic E-state index is 5.61. The number of benzene rings is 1. The average molecular weight is 216 g/mol. The Morgan fingerprint density at radius 1 is 1.25 bits per heavy atom. The van der Waals surface area contributed by atoms with Gasteiger partial charge < -0.3 is 10.2 Å². The van der Waals surface area contributed by atoms with Crippen molar-refractivity contribution in [1.29, 1.82) is 0 Å². The Hall–Kier alpha value is -1.61. The summed E-state index contributed by atoms with van der Waals surface area (Å²) >= 11 is 0. The highest BCUT2D eigenvalue weighted by atomic mass is 16.4. The Morgan fingerprint density at radius 2 is 2.00 bits per heavy atom. The molecule has 0 amide bonds. The first kappa shape index (κ1) is 10.9. The predicted molar refractivity (Wildman–Crippen MR) is 64.2 cm³/mol. The Balaban J connectivity index is 2.50. The molecule has 2 N–H and O–H groups in total. The zero-order chi connectivity index (χ0) is 11.5. The third-order valence-electron chi connectivity index (χ3n) is 2.59. The summed E-state index contributed by atoms with van der Waals surface area (Å²) in [7, 11) is 0. The third-order valence-corrected chi connectivity index (χ3v) is 2.59. The van der Waals surface area contributed by atoms with Gasteiger partial charge in [0.1, 0.15) is 11.5 Å². The van der Waals surface area contributed by atoms with Crippen LogP contribution in [0, 0.1) is 13.8 Å². The van der Waals surface area contributed by atoms with Gasteiger partial charge in [0.2, 0.25) is 0 Å². The third kappa shape index (κ3) is 1.99. The van der Waals surface area contributed by atoms with E-state index in [1.807, 2.05) is 26.0 Å². The fraction of sp³-hybridized carbons (Fsp3) is 0.308. The lowest BCUT2D eigenvalue weighted by Crippen LogP contribution is -2.04. The van der Waals surface area contributed by atoms with Crippen LogP contribution >= 0.6 is 0 Å². The molecule has 0 spiro atoms. The second kappa shape index (κ2) is 4.49. The van der Waals surface area contributed by atoms with Crippen molar-refractivity contribution in [1.82, 2.24) is 4.98 Å². The molecule has 2 aromatic rings. The van der Waals surface area contributed by atoms with Crippen molar-refractivity contribution in [2.24, 2.45) is 5.73 Å². The summed E-state index contributed by atoms with van der Waals surface area (Å²) in [6.07, 6.45) is 0.863. The van der Waals surface area contributed by atoms with Crippen LogP contribution in [-0.4, -0.2) is 11.5 Å². The molecule has 1 aromatic heterocycles. The number of nitrogens with two attached hydrogens (primary N) is 1. The van der Waals surface area contributed by atoms with Crippen molar-refractivity contribution in [3.63, 3.8) is 0 Å². The fourth-order valence-corrected chi connectivity index (χ4v) is 1.90. The fourth-order valence-electron chi connectivity index (χ4n) is 1.90. The van der Waals surface area contributed by atoms with E-state index in [9.17, 15) is 0 Å². The first-order chi connectivity index (χ1) is 7.72. The van der Waals surface area contributed by atoms with Crippen LogP contribution in [0.1, 0.15) is 17.2 Å². The first-order valence-corrected chi connectivity index (χ1v) is 5.44.